The second-order valence-corrected chi connectivity index (χ2v) is 8.39. The van der Waals surface area contributed by atoms with Crippen LogP contribution in [0, 0.1) is 0 Å². The third-order valence-electron chi connectivity index (χ3n) is 4.83. The Morgan fingerprint density at radius 1 is 1.22 bits per heavy atom. The van der Waals surface area contributed by atoms with Crippen LogP contribution in [-0.4, -0.2) is 65.6 Å². The highest BCUT2D eigenvalue weighted by Crippen LogP contribution is 2.33. The Bertz CT molecular complexity index is 988. The number of methoxy groups -OCH3 is 1. The van der Waals surface area contributed by atoms with E-state index < -0.39 is 29.8 Å². The van der Waals surface area contributed by atoms with Crippen molar-refractivity contribution < 1.29 is 38.7 Å². The smallest absolute Gasteiger partial charge is 0.411 e. The van der Waals surface area contributed by atoms with E-state index in [9.17, 15) is 14.7 Å². The van der Waals surface area contributed by atoms with Crippen molar-refractivity contribution in [2.45, 2.75) is 51.5 Å². The number of fused-ring (bicyclic) bond motifs is 1. The molecule has 0 radical (unpaired) electrons. The molecule has 1 aromatic carbocycles. The molecule has 2 aromatic rings. The maximum Gasteiger partial charge on any atom is 0.411 e. The summed E-state index contributed by atoms with van der Waals surface area (Å²) >= 11 is 0. The maximum atomic E-state index is 12.5. The highest BCUT2D eigenvalue weighted by Gasteiger charge is 2.42. The zero-order valence-corrected chi connectivity index (χ0v) is 18.8. The van der Waals surface area contributed by atoms with Crippen molar-refractivity contribution in [2.24, 2.45) is 0 Å². The number of ether oxygens (including phenoxy) is 3. The largest absolute Gasteiger partial charge is 0.497 e. The van der Waals surface area contributed by atoms with Gasteiger partial charge in [0.25, 0.3) is 0 Å². The van der Waals surface area contributed by atoms with E-state index in [1.165, 1.54) is 19.1 Å². The molecule has 10 heteroatoms. The molecule has 1 saturated heterocycles. The fourth-order valence-electron chi connectivity index (χ4n) is 3.45. The van der Waals surface area contributed by atoms with Gasteiger partial charge in [-0.15, -0.1) is 0 Å². The van der Waals surface area contributed by atoms with Crippen LogP contribution in [0.25, 0.3) is 10.9 Å². The van der Waals surface area contributed by atoms with Crippen molar-refractivity contribution in [1.82, 2.24) is 9.88 Å². The van der Waals surface area contributed by atoms with Crippen LogP contribution in [0.3, 0.4) is 0 Å². The van der Waals surface area contributed by atoms with Gasteiger partial charge in [0.1, 0.15) is 35.9 Å². The molecule has 3 rings (SSSR count). The fourth-order valence-corrected chi connectivity index (χ4v) is 3.45. The number of likely N-dealkylation sites (tertiary alicyclic amines) is 1. The molecule has 10 nitrogen and oxygen atoms in total. The Kier molecular flexibility index (Phi) is 7.05. The van der Waals surface area contributed by atoms with Crippen LogP contribution < -0.4 is 9.47 Å². The molecule has 2 heterocycles. The molecule has 1 fully saturated rings. The first-order valence-corrected chi connectivity index (χ1v) is 10.1. The van der Waals surface area contributed by atoms with Gasteiger partial charge >= 0.3 is 12.1 Å². The van der Waals surface area contributed by atoms with Crippen LogP contribution in [0.4, 0.5) is 4.79 Å². The predicted molar refractivity (Wildman–Crippen MR) is 113 cm³/mol. The van der Waals surface area contributed by atoms with Gasteiger partial charge in [-0.2, -0.15) is 0 Å². The van der Waals surface area contributed by atoms with E-state index in [-0.39, 0.29) is 19.6 Å². The molecule has 1 aliphatic rings. The minimum atomic E-state index is -1.11. The lowest BCUT2D eigenvalue weighted by Crippen LogP contribution is -2.43. The molecule has 32 heavy (non-hydrogen) atoms. The van der Waals surface area contributed by atoms with Crippen LogP contribution in [0.2, 0.25) is 0 Å². The summed E-state index contributed by atoms with van der Waals surface area (Å²) in [6.45, 7) is 5.44. The van der Waals surface area contributed by atoms with Crippen molar-refractivity contribution in [3.05, 3.63) is 30.0 Å². The van der Waals surface area contributed by atoms with Gasteiger partial charge in [0.05, 0.1) is 32.0 Å². The van der Waals surface area contributed by atoms with Gasteiger partial charge in [0.15, 0.2) is 0 Å². The average molecular weight is 448 g/mol. The highest BCUT2D eigenvalue weighted by atomic mass is 17.2. The summed E-state index contributed by atoms with van der Waals surface area (Å²) < 4.78 is 16.9. The van der Waals surface area contributed by atoms with Gasteiger partial charge in [-0.25, -0.2) is 24.3 Å². The summed E-state index contributed by atoms with van der Waals surface area (Å²) in [7, 11) is 2.95. The lowest BCUT2D eigenvalue weighted by Gasteiger charge is -2.26. The van der Waals surface area contributed by atoms with Crippen molar-refractivity contribution in [3.8, 4) is 11.5 Å². The predicted octanol–water partition coefficient (Wildman–Crippen LogP) is 3.16. The summed E-state index contributed by atoms with van der Waals surface area (Å²) in [5.41, 5.74) is 0.535. The van der Waals surface area contributed by atoms with Crippen LogP contribution >= 0.6 is 0 Å². The lowest BCUT2D eigenvalue weighted by molar-refractivity contribution is -0.282. The van der Waals surface area contributed by atoms with Gasteiger partial charge in [-0.05, 0) is 32.9 Å². The van der Waals surface area contributed by atoms with Crippen LogP contribution in [-0.2, 0) is 25.9 Å². The van der Waals surface area contributed by atoms with Crippen LogP contribution in [0.1, 0.15) is 32.9 Å². The zero-order chi connectivity index (χ0) is 23.5. The number of benzene rings is 1. The number of aliphatic carboxylic acids is 1. The number of nitrogens with zero attached hydrogens (tertiary/aromatic N) is 2. The van der Waals surface area contributed by atoms with Gasteiger partial charge in [-0.1, -0.05) is 0 Å². The second-order valence-electron chi connectivity index (χ2n) is 8.39. The van der Waals surface area contributed by atoms with E-state index in [0.29, 0.717) is 22.7 Å². The van der Waals surface area contributed by atoms with Gasteiger partial charge in [0.2, 0.25) is 0 Å². The first-order chi connectivity index (χ1) is 15.1. The number of hydrogen-bond donors (Lipinski definition) is 1. The number of amides is 1. The fraction of sp³-hybridized carbons (Fsp3) is 0.500. The van der Waals surface area contributed by atoms with Crippen molar-refractivity contribution in [2.75, 3.05) is 20.8 Å². The SMILES string of the molecule is COOCc1ccc2c(OC3C[C@@H](C(=O)O)N(C(=O)OC(C)(C)C)C3)cc(OC)cc2n1. The van der Waals surface area contributed by atoms with E-state index in [2.05, 4.69) is 9.87 Å². The average Bonchev–Trinajstić information content (AvgIpc) is 3.15. The third-order valence-corrected chi connectivity index (χ3v) is 4.83. The number of aromatic nitrogens is 1. The number of hydrogen-bond acceptors (Lipinski definition) is 8. The molecule has 174 valence electrons. The first kappa shape index (κ1) is 23.6. The van der Waals surface area contributed by atoms with Gasteiger partial charge in [0, 0.05) is 23.9 Å². The second kappa shape index (κ2) is 9.58. The maximum absolute atomic E-state index is 12.5. The van der Waals surface area contributed by atoms with E-state index in [1.807, 2.05) is 6.07 Å². The molecule has 0 bridgehead atoms. The van der Waals surface area contributed by atoms with Crippen molar-refractivity contribution in [1.29, 1.82) is 0 Å². The Balaban J connectivity index is 1.86. The van der Waals surface area contributed by atoms with E-state index in [4.69, 9.17) is 19.1 Å². The zero-order valence-electron chi connectivity index (χ0n) is 18.8. The molecular weight excluding hydrogens is 420 g/mol. The Morgan fingerprint density at radius 3 is 2.59 bits per heavy atom. The monoisotopic (exact) mass is 448 g/mol. The normalized spacial score (nSPS) is 18.6. The number of pyridine rings is 1. The van der Waals surface area contributed by atoms with Crippen molar-refractivity contribution in [3.63, 3.8) is 0 Å². The summed E-state index contributed by atoms with van der Waals surface area (Å²) in [6, 6.07) is 6.05. The Hall–Kier alpha value is -3.11. The van der Waals surface area contributed by atoms with Crippen molar-refractivity contribution >= 4 is 23.0 Å². The lowest BCUT2D eigenvalue weighted by atomic mass is 10.1. The number of carbonyl (C=O) groups excluding carboxylic acids is 1. The number of carboxylic acid groups (broad SMARTS) is 1. The minimum absolute atomic E-state index is 0.0811. The minimum Gasteiger partial charge on any atom is -0.497 e. The quantitative estimate of drug-likeness (QED) is 0.503. The van der Waals surface area contributed by atoms with Crippen LogP contribution in [0.5, 0.6) is 11.5 Å². The highest BCUT2D eigenvalue weighted by molar-refractivity contribution is 5.87. The Morgan fingerprint density at radius 2 is 1.97 bits per heavy atom. The number of carboxylic acids is 1. The molecule has 1 N–H and O–H groups in total. The molecular formula is C22H28N2O8. The Labute approximate surface area is 185 Å². The van der Waals surface area contributed by atoms with Crippen LogP contribution in [0.15, 0.2) is 24.3 Å². The molecule has 1 aromatic heterocycles. The topological polar surface area (TPSA) is 117 Å². The number of carbonyl (C=O) groups is 2. The van der Waals surface area contributed by atoms with Gasteiger partial charge in [-0.3, -0.25) is 4.90 Å². The summed E-state index contributed by atoms with van der Waals surface area (Å²) in [5, 5.41) is 10.3. The molecule has 1 amide bonds. The first-order valence-electron chi connectivity index (χ1n) is 10.1. The molecule has 0 spiro atoms. The van der Waals surface area contributed by atoms with E-state index in [1.54, 1.807) is 39.0 Å². The van der Waals surface area contributed by atoms with Gasteiger partial charge < -0.3 is 19.3 Å². The third kappa shape index (κ3) is 5.57. The molecule has 1 unspecified atom stereocenters. The summed E-state index contributed by atoms with van der Waals surface area (Å²) in [6.07, 6.45) is -1.10. The standard InChI is InChI=1S/C22H28N2O8/c1-22(2,3)32-21(27)24-11-15(9-18(24)20(25)26)31-19-10-14(28-4)8-17-16(19)7-6-13(23-17)12-30-29-5/h6-8,10,15,18H,9,11-12H2,1-5H3,(H,25,26)/t15?,18-/m0/s1. The van der Waals surface area contributed by atoms with E-state index >= 15 is 0 Å². The van der Waals surface area contributed by atoms with E-state index in [0.717, 1.165) is 5.39 Å². The number of rotatable bonds is 7. The summed E-state index contributed by atoms with van der Waals surface area (Å²) in [4.78, 5) is 39.6. The molecule has 1 aliphatic heterocycles. The molecule has 2 atom stereocenters. The molecule has 0 aliphatic carbocycles. The molecule has 0 saturated carbocycles. The summed E-state index contributed by atoms with van der Waals surface area (Å²) in [5.74, 6) is -0.102.